The third-order valence-corrected chi connectivity index (χ3v) is 5.89. The minimum Gasteiger partial charge on any atom is -0.480 e. The summed E-state index contributed by atoms with van der Waals surface area (Å²) in [6.07, 6.45) is 2.26. The number of carbonyl (C=O) groups excluding carboxylic acids is 3. The van der Waals surface area contributed by atoms with Crippen molar-refractivity contribution in [3.8, 4) is 11.8 Å². The highest BCUT2D eigenvalue weighted by molar-refractivity contribution is 6.05. The molecule has 3 amide bonds. The lowest BCUT2D eigenvalue weighted by Gasteiger charge is -2.29. The van der Waals surface area contributed by atoms with Gasteiger partial charge in [-0.25, -0.2) is 0 Å². The second kappa shape index (κ2) is 8.28. The van der Waals surface area contributed by atoms with E-state index in [2.05, 4.69) is 17.2 Å². The highest BCUT2D eigenvalue weighted by atomic mass is 16.4. The zero-order chi connectivity index (χ0) is 21.3. The molecule has 8 nitrogen and oxygen atoms in total. The molecule has 0 bridgehead atoms. The molecule has 3 aliphatic rings. The smallest absolute Gasteiger partial charge is 0.317 e. The van der Waals surface area contributed by atoms with Crippen molar-refractivity contribution in [3.63, 3.8) is 0 Å². The average molecular weight is 409 g/mol. The van der Waals surface area contributed by atoms with E-state index in [1.54, 1.807) is 6.07 Å². The van der Waals surface area contributed by atoms with E-state index in [0.717, 1.165) is 37.1 Å². The summed E-state index contributed by atoms with van der Waals surface area (Å²) >= 11 is 0. The first-order chi connectivity index (χ1) is 14.4. The van der Waals surface area contributed by atoms with Gasteiger partial charge in [0.2, 0.25) is 11.8 Å². The molecule has 30 heavy (non-hydrogen) atoms. The summed E-state index contributed by atoms with van der Waals surface area (Å²) in [6, 6.07) is 4.85. The van der Waals surface area contributed by atoms with Gasteiger partial charge in [-0.2, -0.15) is 0 Å². The molecule has 156 valence electrons. The van der Waals surface area contributed by atoms with Crippen LogP contribution in [-0.4, -0.2) is 64.3 Å². The Balaban J connectivity index is 1.40. The molecule has 2 N–H and O–H groups in total. The van der Waals surface area contributed by atoms with Crippen LogP contribution in [0.1, 0.15) is 47.2 Å². The molecule has 2 saturated heterocycles. The van der Waals surface area contributed by atoms with Crippen LogP contribution in [0.15, 0.2) is 18.2 Å². The molecule has 0 aliphatic carbocycles. The lowest BCUT2D eigenvalue weighted by molar-refractivity contribution is -0.139. The predicted molar refractivity (Wildman–Crippen MR) is 106 cm³/mol. The van der Waals surface area contributed by atoms with Gasteiger partial charge in [0.25, 0.3) is 5.91 Å². The highest BCUT2D eigenvalue weighted by Gasteiger charge is 2.39. The molecule has 2 fully saturated rings. The van der Waals surface area contributed by atoms with Crippen molar-refractivity contribution >= 4 is 23.7 Å². The van der Waals surface area contributed by atoms with Crippen molar-refractivity contribution in [1.82, 2.24) is 15.1 Å². The molecule has 1 atom stereocenters. The highest BCUT2D eigenvalue weighted by Crippen LogP contribution is 2.28. The van der Waals surface area contributed by atoms with Gasteiger partial charge in [0, 0.05) is 30.0 Å². The van der Waals surface area contributed by atoms with Gasteiger partial charge >= 0.3 is 5.97 Å². The van der Waals surface area contributed by atoms with E-state index in [4.69, 9.17) is 5.11 Å². The number of likely N-dealkylation sites (tertiary alicyclic amines) is 1. The van der Waals surface area contributed by atoms with Crippen molar-refractivity contribution < 1.29 is 24.3 Å². The Labute approximate surface area is 174 Å². The number of nitrogens with one attached hydrogen (secondary N) is 1. The van der Waals surface area contributed by atoms with Gasteiger partial charge in [-0.3, -0.25) is 29.4 Å². The van der Waals surface area contributed by atoms with Gasteiger partial charge in [0.15, 0.2) is 0 Å². The van der Waals surface area contributed by atoms with E-state index in [9.17, 15) is 19.2 Å². The Kier molecular flexibility index (Phi) is 5.55. The zero-order valence-electron chi connectivity index (χ0n) is 16.5. The fraction of sp³-hybridized carbons (Fsp3) is 0.455. The maximum atomic E-state index is 12.7. The molecule has 3 heterocycles. The summed E-state index contributed by atoms with van der Waals surface area (Å²) in [7, 11) is 0. The molecule has 1 aromatic carbocycles. The zero-order valence-corrected chi connectivity index (χ0v) is 16.5. The monoisotopic (exact) mass is 409 g/mol. The SMILES string of the molecule is O=C(O)CN1CCC(C#Cc2ccc3c(c2)CN(C2CCC(=O)NC2=O)C3=O)CC1. The van der Waals surface area contributed by atoms with E-state index in [-0.39, 0.29) is 30.7 Å². The summed E-state index contributed by atoms with van der Waals surface area (Å²) in [6.45, 7) is 1.86. The number of imide groups is 1. The Bertz CT molecular complexity index is 969. The molecule has 3 aliphatic heterocycles. The number of carboxylic acid groups (broad SMARTS) is 1. The Hall–Kier alpha value is -3.18. The fourth-order valence-electron chi connectivity index (χ4n) is 4.26. The van der Waals surface area contributed by atoms with E-state index >= 15 is 0 Å². The molecule has 0 saturated carbocycles. The molecule has 0 radical (unpaired) electrons. The van der Waals surface area contributed by atoms with Crippen LogP contribution in [0, 0.1) is 17.8 Å². The summed E-state index contributed by atoms with van der Waals surface area (Å²) in [5.41, 5.74) is 2.24. The van der Waals surface area contributed by atoms with Gasteiger partial charge in [-0.05, 0) is 56.1 Å². The average Bonchev–Trinajstić information content (AvgIpc) is 3.03. The van der Waals surface area contributed by atoms with Crippen LogP contribution in [-0.2, 0) is 20.9 Å². The molecular weight excluding hydrogens is 386 g/mol. The summed E-state index contributed by atoms with van der Waals surface area (Å²) in [4.78, 5) is 50.5. The molecule has 0 spiro atoms. The van der Waals surface area contributed by atoms with Crippen LogP contribution < -0.4 is 5.32 Å². The van der Waals surface area contributed by atoms with Crippen LogP contribution in [0.4, 0.5) is 0 Å². The van der Waals surface area contributed by atoms with E-state index < -0.39 is 17.9 Å². The predicted octanol–water partition coefficient (Wildman–Crippen LogP) is 0.596. The Morgan fingerprint density at radius 2 is 1.93 bits per heavy atom. The van der Waals surface area contributed by atoms with Crippen LogP contribution in [0.3, 0.4) is 0 Å². The molecule has 4 rings (SSSR count). The summed E-state index contributed by atoms with van der Waals surface area (Å²) in [5.74, 6) is 4.98. The number of aliphatic carboxylic acids is 1. The lowest BCUT2D eigenvalue weighted by atomic mass is 9.96. The number of rotatable bonds is 3. The lowest BCUT2D eigenvalue weighted by Crippen LogP contribution is -2.52. The second-order valence-corrected chi connectivity index (χ2v) is 7.99. The molecule has 0 aromatic heterocycles. The van der Waals surface area contributed by atoms with Crippen LogP contribution >= 0.6 is 0 Å². The molecule has 1 aromatic rings. The number of benzene rings is 1. The number of carbonyl (C=O) groups is 4. The van der Waals surface area contributed by atoms with Gasteiger partial charge in [-0.15, -0.1) is 0 Å². The largest absolute Gasteiger partial charge is 0.480 e. The normalized spacial score (nSPS) is 22.3. The number of carboxylic acids is 1. The number of amides is 3. The first kappa shape index (κ1) is 20.1. The number of hydrogen-bond donors (Lipinski definition) is 2. The molecule has 8 heteroatoms. The first-order valence-corrected chi connectivity index (χ1v) is 10.1. The van der Waals surface area contributed by atoms with Crippen molar-refractivity contribution in [3.05, 3.63) is 34.9 Å². The van der Waals surface area contributed by atoms with Gasteiger partial charge < -0.3 is 10.0 Å². The van der Waals surface area contributed by atoms with Crippen molar-refractivity contribution in [2.75, 3.05) is 19.6 Å². The number of fused-ring (bicyclic) bond motifs is 1. The summed E-state index contributed by atoms with van der Waals surface area (Å²) in [5, 5.41) is 11.2. The van der Waals surface area contributed by atoms with E-state index in [1.165, 1.54) is 4.90 Å². The van der Waals surface area contributed by atoms with Gasteiger partial charge in [0.05, 0.1) is 6.54 Å². The second-order valence-electron chi connectivity index (χ2n) is 7.99. The van der Waals surface area contributed by atoms with Gasteiger partial charge in [0.1, 0.15) is 6.04 Å². The molecular formula is C22H23N3O5. The van der Waals surface area contributed by atoms with Crippen LogP contribution in [0.25, 0.3) is 0 Å². The van der Waals surface area contributed by atoms with Gasteiger partial charge in [-0.1, -0.05) is 11.8 Å². The molecule has 1 unspecified atom stereocenters. The maximum Gasteiger partial charge on any atom is 0.317 e. The number of nitrogens with zero attached hydrogens (tertiary/aromatic N) is 2. The van der Waals surface area contributed by atoms with Crippen molar-refractivity contribution in [2.24, 2.45) is 5.92 Å². The maximum absolute atomic E-state index is 12.7. The van der Waals surface area contributed by atoms with Crippen LogP contribution in [0.5, 0.6) is 0 Å². The summed E-state index contributed by atoms with van der Waals surface area (Å²) < 4.78 is 0. The standard InChI is InChI=1S/C22H23N3O5/c26-19-6-5-18(21(29)23-19)25-12-16-11-15(3-4-17(16)22(25)30)2-1-14-7-9-24(10-8-14)13-20(27)28/h3-4,11,14,18H,5-10,12-13H2,(H,27,28)(H,23,26,29). The topological polar surface area (TPSA) is 107 Å². The Morgan fingerprint density at radius 3 is 2.63 bits per heavy atom. The minimum absolute atomic E-state index is 0.0721. The number of hydrogen-bond acceptors (Lipinski definition) is 5. The first-order valence-electron chi connectivity index (χ1n) is 10.1. The van der Waals surface area contributed by atoms with Crippen LogP contribution in [0.2, 0.25) is 0 Å². The third-order valence-electron chi connectivity index (χ3n) is 5.89. The number of piperidine rings is 2. The van der Waals surface area contributed by atoms with E-state index in [1.807, 2.05) is 17.0 Å². The quantitative estimate of drug-likeness (QED) is 0.559. The fourth-order valence-corrected chi connectivity index (χ4v) is 4.26. The van der Waals surface area contributed by atoms with Crippen molar-refractivity contribution in [2.45, 2.75) is 38.3 Å². The van der Waals surface area contributed by atoms with E-state index in [0.29, 0.717) is 18.5 Å². The third kappa shape index (κ3) is 4.21. The Morgan fingerprint density at radius 1 is 1.17 bits per heavy atom. The van der Waals surface area contributed by atoms with Crippen molar-refractivity contribution in [1.29, 1.82) is 0 Å². The minimum atomic E-state index is -0.807.